The fourth-order valence-electron chi connectivity index (χ4n) is 2.21. The van der Waals surface area contributed by atoms with Gasteiger partial charge in [0.25, 0.3) is 0 Å². The van der Waals surface area contributed by atoms with Gasteiger partial charge in [-0.1, -0.05) is 42.7 Å². The van der Waals surface area contributed by atoms with Gasteiger partial charge in [-0.3, -0.25) is 0 Å². The molecule has 1 aliphatic carbocycles. The second-order valence-electron chi connectivity index (χ2n) is 4.35. The average molecular weight is 191 g/mol. The molecule has 1 fully saturated rings. The van der Waals surface area contributed by atoms with Crippen LogP contribution < -0.4 is 5.32 Å². The molecule has 1 heteroatoms. The number of hydrogen-bond acceptors (Lipinski definition) is 1. The SMILES string of the molecule is Cc1cccc(CNC2CCCC2)c1.[HH]. The van der Waals surface area contributed by atoms with Crippen molar-refractivity contribution in [2.45, 2.75) is 45.2 Å². The molecule has 0 saturated heterocycles. The van der Waals surface area contributed by atoms with Gasteiger partial charge in [-0.25, -0.2) is 0 Å². The first-order chi connectivity index (χ1) is 6.84. The number of aryl methyl sites for hydroxylation is 1. The van der Waals surface area contributed by atoms with Crippen molar-refractivity contribution in [2.75, 3.05) is 0 Å². The summed E-state index contributed by atoms with van der Waals surface area (Å²) in [5.74, 6) is 0. The molecular weight excluding hydrogens is 170 g/mol. The summed E-state index contributed by atoms with van der Waals surface area (Å²) < 4.78 is 0. The van der Waals surface area contributed by atoms with Crippen molar-refractivity contribution in [1.29, 1.82) is 0 Å². The first-order valence-electron chi connectivity index (χ1n) is 5.63. The Labute approximate surface area is 88.0 Å². The molecule has 0 aromatic heterocycles. The molecule has 0 unspecified atom stereocenters. The van der Waals surface area contributed by atoms with Crippen molar-refractivity contribution in [2.24, 2.45) is 0 Å². The summed E-state index contributed by atoms with van der Waals surface area (Å²) in [5, 5.41) is 3.63. The van der Waals surface area contributed by atoms with E-state index in [0.717, 1.165) is 12.6 Å². The van der Waals surface area contributed by atoms with E-state index < -0.39 is 0 Å². The minimum atomic E-state index is 0. The monoisotopic (exact) mass is 191 g/mol. The normalized spacial score (nSPS) is 17.5. The van der Waals surface area contributed by atoms with Crippen LogP contribution in [0.3, 0.4) is 0 Å². The highest BCUT2D eigenvalue weighted by molar-refractivity contribution is 5.22. The molecule has 1 nitrogen and oxygen atoms in total. The summed E-state index contributed by atoms with van der Waals surface area (Å²) in [6.07, 6.45) is 5.55. The van der Waals surface area contributed by atoms with Gasteiger partial charge in [-0.2, -0.15) is 0 Å². The van der Waals surface area contributed by atoms with E-state index in [2.05, 4.69) is 36.5 Å². The lowest BCUT2D eigenvalue weighted by molar-refractivity contribution is 0.524. The van der Waals surface area contributed by atoms with Crippen molar-refractivity contribution in [3.8, 4) is 0 Å². The van der Waals surface area contributed by atoms with Crippen molar-refractivity contribution in [3.63, 3.8) is 0 Å². The number of nitrogens with one attached hydrogen (secondary N) is 1. The van der Waals surface area contributed by atoms with Crippen LogP contribution in [0.1, 0.15) is 38.2 Å². The Hall–Kier alpha value is -0.820. The molecule has 0 aliphatic heterocycles. The van der Waals surface area contributed by atoms with Crippen LogP contribution in [0.4, 0.5) is 0 Å². The Bertz CT molecular complexity index is 292. The molecule has 1 saturated carbocycles. The molecule has 0 spiro atoms. The molecule has 2 rings (SSSR count). The maximum Gasteiger partial charge on any atom is 0.0208 e. The van der Waals surface area contributed by atoms with Gasteiger partial charge in [0.2, 0.25) is 0 Å². The van der Waals surface area contributed by atoms with Gasteiger partial charge in [0, 0.05) is 14.0 Å². The van der Waals surface area contributed by atoms with Gasteiger partial charge >= 0.3 is 0 Å². The van der Waals surface area contributed by atoms with Gasteiger partial charge in [0.15, 0.2) is 0 Å². The van der Waals surface area contributed by atoms with Crippen LogP contribution in [0, 0.1) is 6.92 Å². The molecule has 1 aromatic rings. The predicted octanol–water partition coefficient (Wildman–Crippen LogP) is 3.27. The first-order valence-corrected chi connectivity index (χ1v) is 5.63. The van der Waals surface area contributed by atoms with Crippen LogP contribution in [-0.2, 0) is 6.54 Å². The van der Waals surface area contributed by atoms with Crippen molar-refractivity contribution in [3.05, 3.63) is 35.4 Å². The zero-order valence-corrected chi connectivity index (χ0v) is 8.92. The van der Waals surface area contributed by atoms with Crippen LogP contribution in [-0.4, -0.2) is 6.04 Å². The van der Waals surface area contributed by atoms with E-state index in [1.807, 2.05) is 0 Å². The molecule has 0 heterocycles. The molecule has 0 radical (unpaired) electrons. The van der Waals surface area contributed by atoms with Gasteiger partial charge < -0.3 is 5.32 Å². The fraction of sp³-hybridized carbons (Fsp3) is 0.538. The van der Waals surface area contributed by atoms with E-state index >= 15 is 0 Å². The smallest absolute Gasteiger partial charge is 0.0208 e. The van der Waals surface area contributed by atoms with Gasteiger partial charge in [0.1, 0.15) is 0 Å². The van der Waals surface area contributed by atoms with E-state index in [0.29, 0.717) is 0 Å². The highest BCUT2D eigenvalue weighted by Crippen LogP contribution is 2.18. The fourth-order valence-corrected chi connectivity index (χ4v) is 2.21. The van der Waals surface area contributed by atoms with Gasteiger partial charge in [0.05, 0.1) is 0 Å². The lowest BCUT2D eigenvalue weighted by atomic mass is 10.1. The second-order valence-corrected chi connectivity index (χ2v) is 4.35. The summed E-state index contributed by atoms with van der Waals surface area (Å²) in [6.45, 7) is 3.19. The minimum Gasteiger partial charge on any atom is -0.310 e. The van der Waals surface area contributed by atoms with Crippen molar-refractivity contribution >= 4 is 0 Å². The van der Waals surface area contributed by atoms with Crippen LogP contribution in [0.15, 0.2) is 24.3 Å². The van der Waals surface area contributed by atoms with Crippen molar-refractivity contribution in [1.82, 2.24) is 5.32 Å². The summed E-state index contributed by atoms with van der Waals surface area (Å²) in [7, 11) is 0. The molecule has 0 bridgehead atoms. The summed E-state index contributed by atoms with van der Waals surface area (Å²) in [5.41, 5.74) is 2.77. The lowest BCUT2D eigenvalue weighted by Gasteiger charge is -2.11. The van der Waals surface area contributed by atoms with Crippen LogP contribution in [0.25, 0.3) is 0 Å². The topological polar surface area (TPSA) is 12.0 Å². The van der Waals surface area contributed by atoms with Crippen LogP contribution >= 0.6 is 0 Å². The highest BCUT2D eigenvalue weighted by atomic mass is 14.9. The van der Waals surface area contributed by atoms with E-state index in [-0.39, 0.29) is 1.43 Å². The first kappa shape index (κ1) is 9.72. The second kappa shape index (κ2) is 4.61. The third-order valence-corrected chi connectivity index (χ3v) is 3.03. The van der Waals surface area contributed by atoms with Crippen molar-refractivity contribution < 1.29 is 1.43 Å². The van der Waals surface area contributed by atoms with Crippen LogP contribution in [0.2, 0.25) is 0 Å². The van der Waals surface area contributed by atoms with E-state index in [1.165, 1.54) is 36.8 Å². The molecular formula is C13H21N. The van der Waals surface area contributed by atoms with Gasteiger partial charge in [-0.05, 0) is 25.3 Å². The Morgan fingerprint density at radius 1 is 1.36 bits per heavy atom. The average Bonchev–Trinajstić information content (AvgIpc) is 2.67. The Morgan fingerprint density at radius 2 is 2.14 bits per heavy atom. The molecule has 14 heavy (non-hydrogen) atoms. The lowest BCUT2D eigenvalue weighted by Crippen LogP contribution is -2.25. The van der Waals surface area contributed by atoms with Crippen LogP contribution in [0.5, 0.6) is 0 Å². The third-order valence-electron chi connectivity index (χ3n) is 3.03. The van der Waals surface area contributed by atoms with Gasteiger partial charge in [-0.15, -0.1) is 0 Å². The zero-order valence-electron chi connectivity index (χ0n) is 8.92. The maximum absolute atomic E-state index is 3.63. The third kappa shape index (κ3) is 2.58. The van der Waals surface area contributed by atoms with E-state index in [1.54, 1.807) is 0 Å². The number of hydrogen-bond donors (Lipinski definition) is 1. The standard InChI is InChI=1S/C13H19N.H2/c1-11-5-4-6-12(9-11)10-14-13-7-2-3-8-13;/h4-6,9,13-14H,2-3,7-8,10H2,1H3;1H. The summed E-state index contributed by atoms with van der Waals surface area (Å²) in [4.78, 5) is 0. The Balaban J connectivity index is 0.00000112. The maximum atomic E-state index is 3.63. The molecule has 0 amide bonds. The molecule has 0 atom stereocenters. The zero-order chi connectivity index (χ0) is 9.80. The summed E-state index contributed by atoms with van der Waals surface area (Å²) >= 11 is 0. The number of rotatable bonds is 3. The number of benzene rings is 1. The molecule has 78 valence electrons. The summed E-state index contributed by atoms with van der Waals surface area (Å²) in [6, 6.07) is 9.53. The Kier molecular flexibility index (Phi) is 3.20. The van der Waals surface area contributed by atoms with E-state index in [9.17, 15) is 0 Å². The highest BCUT2D eigenvalue weighted by Gasteiger charge is 2.13. The predicted molar refractivity (Wildman–Crippen MR) is 62.4 cm³/mol. The quantitative estimate of drug-likeness (QED) is 0.773. The minimum absolute atomic E-state index is 0. The molecule has 1 N–H and O–H groups in total. The largest absolute Gasteiger partial charge is 0.310 e. The molecule has 1 aliphatic rings. The molecule has 1 aromatic carbocycles. The Morgan fingerprint density at radius 3 is 2.86 bits per heavy atom. The van der Waals surface area contributed by atoms with E-state index in [4.69, 9.17) is 0 Å².